The molecule has 0 bridgehead atoms. The molecule has 19 heavy (non-hydrogen) atoms. The lowest BCUT2D eigenvalue weighted by molar-refractivity contribution is 0.383. The van der Waals surface area contributed by atoms with E-state index in [0.29, 0.717) is 12.1 Å². The van der Waals surface area contributed by atoms with Gasteiger partial charge < -0.3 is 10.5 Å². The molecule has 0 aliphatic carbocycles. The molecule has 4 nitrogen and oxygen atoms in total. The van der Waals surface area contributed by atoms with E-state index in [9.17, 15) is 4.39 Å². The van der Waals surface area contributed by atoms with Crippen LogP contribution in [0.25, 0.3) is 0 Å². The van der Waals surface area contributed by atoms with Gasteiger partial charge in [-0.15, -0.1) is 0 Å². The van der Waals surface area contributed by atoms with E-state index in [4.69, 9.17) is 10.5 Å². The first-order chi connectivity index (χ1) is 9.10. The van der Waals surface area contributed by atoms with Gasteiger partial charge in [0, 0.05) is 17.8 Å². The van der Waals surface area contributed by atoms with Crippen molar-refractivity contribution in [1.29, 1.82) is 0 Å². The summed E-state index contributed by atoms with van der Waals surface area (Å²) < 4.78 is 20.7. The van der Waals surface area contributed by atoms with Crippen molar-refractivity contribution in [2.45, 2.75) is 25.9 Å². The number of ether oxygens (including phenoxy) is 1. The molecule has 0 spiro atoms. The van der Waals surface area contributed by atoms with Gasteiger partial charge in [-0.05, 0) is 25.0 Å². The molecule has 0 amide bonds. The van der Waals surface area contributed by atoms with Crippen LogP contribution in [0, 0.1) is 5.82 Å². The van der Waals surface area contributed by atoms with E-state index in [1.807, 2.05) is 13.1 Å². The molecule has 1 unspecified atom stereocenters. The van der Waals surface area contributed by atoms with Crippen LogP contribution in [-0.2, 0) is 13.0 Å². The van der Waals surface area contributed by atoms with Gasteiger partial charge in [0.05, 0.1) is 19.9 Å². The van der Waals surface area contributed by atoms with Crippen LogP contribution in [0.5, 0.6) is 5.75 Å². The van der Waals surface area contributed by atoms with Crippen LogP contribution in [0.4, 0.5) is 4.39 Å². The second-order valence-corrected chi connectivity index (χ2v) is 4.66. The van der Waals surface area contributed by atoms with Crippen LogP contribution in [0.15, 0.2) is 30.6 Å². The summed E-state index contributed by atoms with van der Waals surface area (Å²) in [6.45, 7) is 2.32. The number of halogens is 1. The summed E-state index contributed by atoms with van der Waals surface area (Å²) in [5.74, 6) is -0.0882. The molecule has 1 aromatic heterocycles. The lowest BCUT2D eigenvalue weighted by Gasteiger charge is -2.07. The summed E-state index contributed by atoms with van der Waals surface area (Å²) in [6, 6.07) is 5.18. The molecular formula is C14H18FN3O. The zero-order valence-electron chi connectivity index (χ0n) is 11.1. The maximum Gasteiger partial charge on any atom is 0.170 e. The molecule has 2 aromatic rings. The molecule has 1 heterocycles. The molecule has 2 rings (SSSR count). The number of nitrogens with zero attached hydrogens (tertiary/aromatic N) is 2. The van der Waals surface area contributed by atoms with Gasteiger partial charge in [0.25, 0.3) is 0 Å². The fraction of sp³-hybridized carbons (Fsp3) is 0.357. The second kappa shape index (κ2) is 5.84. The molecular weight excluding hydrogens is 245 g/mol. The largest absolute Gasteiger partial charge is 0.494 e. The summed E-state index contributed by atoms with van der Waals surface area (Å²) in [6.07, 6.45) is 4.42. The van der Waals surface area contributed by atoms with E-state index in [0.717, 1.165) is 12.0 Å². The van der Waals surface area contributed by atoms with Gasteiger partial charge in [-0.25, -0.2) is 4.39 Å². The minimum absolute atomic E-state index is 0.0891. The maximum atomic E-state index is 14.0. The van der Waals surface area contributed by atoms with E-state index < -0.39 is 0 Å². The monoisotopic (exact) mass is 263 g/mol. The predicted octanol–water partition coefficient (Wildman–Crippen LogP) is 1.97. The first-order valence-corrected chi connectivity index (χ1v) is 6.18. The molecule has 0 saturated carbocycles. The van der Waals surface area contributed by atoms with E-state index in [2.05, 4.69) is 5.10 Å². The summed E-state index contributed by atoms with van der Waals surface area (Å²) in [5, 5.41) is 4.21. The number of nitrogens with two attached hydrogens (primary N) is 1. The smallest absolute Gasteiger partial charge is 0.170 e. The molecule has 1 atom stereocenters. The minimum Gasteiger partial charge on any atom is -0.494 e. The van der Waals surface area contributed by atoms with Gasteiger partial charge in [0.1, 0.15) is 0 Å². The first-order valence-electron chi connectivity index (χ1n) is 6.18. The van der Waals surface area contributed by atoms with Crippen molar-refractivity contribution < 1.29 is 9.13 Å². The maximum absolute atomic E-state index is 14.0. The van der Waals surface area contributed by atoms with E-state index >= 15 is 0 Å². The normalized spacial score (nSPS) is 12.4. The third-order valence-corrected chi connectivity index (χ3v) is 2.84. The van der Waals surface area contributed by atoms with Gasteiger partial charge in [0.15, 0.2) is 11.6 Å². The highest BCUT2D eigenvalue weighted by atomic mass is 19.1. The molecule has 102 valence electrons. The van der Waals surface area contributed by atoms with Crippen molar-refractivity contribution in [2.24, 2.45) is 5.73 Å². The summed E-state index contributed by atoms with van der Waals surface area (Å²) in [7, 11) is 1.46. The van der Waals surface area contributed by atoms with Gasteiger partial charge >= 0.3 is 0 Å². The number of rotatable bonds is 5. The van der Waals surface area contributed by atoms with Gasteiger partial charge in [-0.1, -0.05) is 12.1 Å². The second-order valence-electron chi connectivity index (χ2n) is 4.66. The number of hydrogen-bond donors (Lipinski definition) is 1. The molecule has 0 fully saturated rings. The highest BCUT2D eigenvalue weighted by molar-refractivity contribution is 5.31. The number of methoxy groups -OCH3 is 1. The van der Waals surface area contributed by atoms with Crippen molar-refractivity contribution in [1.82, 2.24) is 9.78 Å². The number of benzene rings is 1. The third kappa shape index (κ3) is 3.32. The Morgan fingerprint density at radius 2 is 2.26 bits per heavy atom. The first kappa shape index (κ1) is 13.5. The van der Waals surface area contributed by atoms with Crippen LogP contribution in [0.2, 0.25) is 0 Å². The quantitative estimate of drug-likeness (QED) is 0.897. The Kier molecular flexibility index (Phi) is 4.16. The Morgan fingerprint density at radius 1 is 1.47 bits per heavy atom. The van der Waals surface area contributed by atoms with Gasteiger partial charge in [0.2, 0.25) is 0 Å². The van der Waals surface area contributed by atoms with Crippen LogP contribution in [0.3, 0.4) is 0 Å². The molecule has 5 heteroatoms. The van der Waals surface area contributed by atoms with Crippen molar-refractivity contribution in [3.05, 3.63) is 47.5 Å². The van der Waals surface area contributed by atoms with Crippen LogP contribution in [0.1, 0.15) is 18.1 Å². The average Bonchev–Trinajstić information content (AvgIpc) is 2.78. The molecule has 2 N–H and O–H groups in total. The van der Waals surface area contributed by atoms with E-state index in [1.165, 1.54) is 7.11 Å². The molecule has 1 aromatic carbocycles. The average molecular weight is 263 g/mol. The fourth-order valence-electron chi connectivity index (χ4n) is 1.98. The van der Waals surface area contributed by atoms with Crippen molar-refractivity contribution >= 4 is 0 Å². The Morgan fingerprint density at radius 3 is 2.95 bits per heavy atom. The molecule has 0 saturated heterocycles. The lowest BCUT2D eigenvalue weighted by Crippen LogP contribution is -2.17. The topological polar surface area (TPSA) is 53.1 Å². The molecule has 0 radical (unpaired) electrons. The number of hydrogen-bond acceptors (Lipinski definition) is 3. The van der Waals surface area contributed by atoms with Crippen LogP contribution < -0.4 is 10.5 Å². The minimum atomic E-state index is -0.339. The SMILES string of the molecule is COc1cccc(Cn2cc(CC(C)N)cn2)c1F. The number of aromatic nitrogens is 2. The van der Waals surface area contributed by atoms with Gasteiger partial charge in [-0.3, -0.25) is 4.68 Å². The fourth-order valence-corrected chi connectivity index (χ4v) is 1.98. The zero-order chi connectivity index (χ0) is 13.8. The Bertz CT molecular complexity index is 551. The van der Waals surface area contributed by atoms with Crippen LogP contribution in [-0.4, -0.2) is 22.9 Å². The van der Waals surface area contributed by atoms with Crippen molar-refractivity contribution in [2.75, 3.05) is 7.11 Å². The van der Waals surface area contributed by atoms with Crippen molar-refractivity contribution in [3.63, 3.8) is 0 Å². The third-order valence-electron chi connectivity index (χ3n) is 2.84. The highest BCUT2D eigenvalue weighted by Crippen LogP contribution is 2.20. The Labute approximate surface area is 112 Å². The van der Waals surface area contributed by atoms with E-state index in [1.54, 1.807) is 29.1 Å². The van der Waals surface area contributed by atoms with Crippen molar-refractivity contribution in [3.8, 4) is 5.75 Å². The molecule has 0 aliphatic heterocycles. The Balaban J connectivity index is 2.15. The molecule has 0 aliphatic rings. The predicted molar refractivity (Wildman–Crippen MR) is 71.6 cm³/mol. The van der Waals surface area contributed by atoms with Crippen LogP contribution >= 0.6 is 0 Å². The Hall–Kier alpha value is -1.88. The standard InChI is InChI=1S/C14H18FN3O/c1-10(16)6-11-7-17-18(8-11)9-12-4-3-5-13(19-2)14(12)15/h3-5,7-8,10H,6,9,16H2,1-2H3. The lowest BCUT2D eigenvalue weighted by atomic mass is 10.1. The zero-order valence-corrected chi connectivity index (χ0v) is 11.1. The summed E-state index contributed by atoms with van der Waals surface area (Å²) >= 11 is 0. The van der Waals surface area contributed by atoms with Gasteiger partial charge in [-0.2, -0.15) is 5.10 Å². The summed E-state index contributed by atoms with van der Waals surface area (Å²) in [5.41, 5.74) is 7.34. The van der Waals surface area contributed by atoms with E-state index in [-0.39, 0.29) is 17.6 Å². The highest BCUT2D eigenvalue weighted by Gasteiger charge is 2.09. The summed E-state index contributed by atoms with van der Waals surface area (Å²) in [4.78, 5) is 0.